The number of aromatic nitrogens is 2. The van der Waals surface area contributed by atoms with Gasteiger partial charge in [0.2, 0.25) is 0 Å². The number of carbonyl (C=O) groups is 1. The van der Waals surface area contributed by atoms with Crippen LogP contribution in [0.15, 0.2) is 65.5 Å². The van der Waals surface area contributed by atoms with Crippen LogP contribution in [-0.2, 0) is 16.1 Å². The van der Waals surface area contributed by atoms with Gasteiger partial charge in [0.25, 0.3) is 11.2 Å². The molecule has 4 aromatic rings. The number of nitro groups is 1. The van der Waals surface area contributed by atoms with Crippen LogP contribution in [0.25, 0.3) is 21.3 Å². The normalized spacial score (nSPS) is 11.3. The Morgan fingerprint density at radius 1 is 1.21 bits per heavy atom. The summed E-state index contributed by atoms with van der Waals surface area (Å²) in [7, 11) is 0. The molecule has 0 atom stereocenters. The van der Waals surface area contributed by atoms with E-state index in [1.54, 1.807) is 12.1 Å². The van der Waals surface area contributed by atoms with E-state index in [9.17, 15) is 19.7 Å². The Labute approximate surface area is 167 Å². The second-order valence-electron chi connectivity index (χ2n) is 6.03. The van der Waals surface area contributed by atoms with Gasteiger partial charge in [0, 0.05) is 18.2 Å². The molecule has 0 N–H and O–H groups in total. The van der Waals surface area contributed by atoms with Gasteiger partial charge < -0.3 is 4.74 Å². The topological polar surface area (TPSA) is 104 Å². The van der Waals surface area contributed by atoms with Gasteiger partial charge in [-0.25, -0.2) is 9.78 Å². The molecule has 0 spiro atoms. The fourth-order valence-electron chi connectivity index (χ4n) is 2.84. The van der Waals surface area contributed by atoms with Crippen molar-refractivity contribution in [3.8, 4) is 0 Å². The number of rotatable bonds is 5. The maximum Gasteiger partial charge on any atom is 0.331 e. The first-order chi connectivity index (χ1) is 14.0. The minimum Gasteiger partial charge on any atom is -0.456 e. The van der Waals surface area contributed by atoms with Crippen molar-refractivity contribution < 1.29 is 14.5 Å². The lowest BCUT2D eigenvalue weighted by molar-refractivity contribution is -0.385. The molecule has 0 amide bonds. The average molecular weight is 407 g/mol. The first-order valence-corrected chi connectivity index (χ1v) is 9.33. The number of hydrogen-bond donors (Lipinski definition) is 0. The van der Waals surface area contributed by atoms with Crippen LogP contribution in [0.4, 0.5) is 5.69 Å². The van der Waals surface area contributed by atoms with Crippen LogP contribution >= 0.6 is 11.3 Å². The number of benzene rings is 2. The van der Waals surface area contributed by atoms with Crippen molar-refractivity contribution in [2.75, 3.05) is 0 Å². The van der Waals surface area contributed by atoms with Gasteiger partial charge in [-0.05, 0) is 24.3 Å². The third kappa shape index (κ3) is 3.76. The molecule has 0 unspecified atom stereocenters. The van der Waals surface area contributed by atoms with E-state index in [1.807, 2.05) is 24.3 Å². The molecule has 0 saturated heterocycles. The minimum atomic E-state index is -0.693. The summed E-state index contributed by atoms with van der Waals surface area (Å²) in [5.74, 6) is -0.693. The second kappa shape index (κ2) is 7.64. The van der Waals surface area contributed by atoms with Gasteiger partial charge in [0.15, 0.2) is 4.96 Å². The molecule has 0 saturated carbocycles. The molecule has 2 aromatic carbocycles. The van der Waals surface area contributed by atoms with Crippen LogP contribution in [0.1, 0.15) is 11.3 Å². The Balaban J connectivity index is 1.51. The van der Waals surface area contributed by atoms with E-state index in [1.165, 1.54) is 40.0 Å². The Morgan fingerprint density at radius 2 is 1.97 bits per heavy atom. The number of esters is 1. The molecule has 9 heteroatoms. The van der Waals surface area contributed by atoms with E-state index < -0.39 is 10.9 Å². The van der Waals surface area contributed by atoms with Gasteiger partial charge in [-0.3, -0.25) is 19.3 Å². The minimum absolute atomic E-state index is 0.110. The van der Waals surface area contributed by atoms with Crippen LogP contribution in [0.3, 0.4) is 0 Å². The molecule has 4 rings (SSSR count). The molecule has 0 aliphatic heterocycles. The number of thiazole rings is 1. The zero-order valence-corrected chi connectivity index (χ0v) is 15.7. The zero-order chi connectivity index (χ0) is 20.4. The summed E-state index contributed by atoms with van der Waals surface area (Å²) in [6, 6.07) is 14.9. The smallest absolute Gasteiger partial charge is 0.331 e. The molecule has 0 aliphatic rings. The summed E-state index contributed by atoms with van der Waals surface area (Å²) >= 11 is 1.37. The van der Waals surface area contributed by atoms with Crippen molar-refractivity contribution in [1.82, 2.24) is 9.38 Å². The third-order valence-corrected chi connectivity index (χ3v) is 5.16. The number of carbonyl (C=O) groups excluding carboxylic acids is 1. The fraction of sp³-hybridized carbons (Fsp3) is 0.0500. The molecule has 0 fully saturated rings. The van der Waals surface area contributed by atoms with Crippen molar-refractivity contribution in [3.63, 3.8) is 0 Å². The fourth-order valence-corrected chi connectivity index (χ4v) is 3.89. The predicted molar refractivity (Wildman–Crippen MR) is 109 cm³/mol. The van der Waals surface area contributed by atoms with Crippen LogP contribution in [-0.4, -0.2) is 20.3 Å². The lowest BCUT2D eigenvalue weighted by atomic mass is 10.1. The summed E-state index contributed by atoms with van der Waals surface area (Å²) in [6.45, 7) is -0.181. The van der Waals surface area contributed by atoms with Crippen molar-refractivity contribution in [3.05, 3.63) is 92.4 Å². The van der Waals surface area contributed by atoms with E-state index in [0.29, 0.717) is 10.7 Å². The van der Waals surface area contributed by atoms with Gasteiger partial charge in [-0.1, -0.05) is 35.6 Å². The van der Waals surface area contributed by atoms with Gasteiger partial charge >= 0.3 is 5.97 Å². The Bertz CT molecular complexity index is 1340. The first-order valence-electron chi connectivity index (χ1n) is 8.51. The molecular weight excluding hydrogens is 394 g/mol. The second-order valence-corrected chi connectivity index (χ2v) is 7.04. The van der Waals surface area contributed by atoms with Gasteiger partial charge in [0.1, 0.15) is 6.61 Å². The standard InChI is InChI=1S/C20H13N3O5S/c24-18-11-14(21-20-22(18)16-7-3-4-8-17(16)29-20)12-28-19(25)10-9-13-5-1-2-6-15(13)23(26)27/h1-11H,12H2. The van der Waals surface area contributed by atoms with E-state index in [-0.39, 0.29) is 23.4 Å². The highest BCUT2D eigenvalue weighted by molar-refractivity contribution is 7.23. The summed E-state index contributed by atoms with van der Waals surface area (Å²) in [5, 5.41) is 11.0. The zero-order valence-electron chi connectivity index (χ0n) is 14.8. The van der Waals surface area contributed by atoms with Crippen LogP contribution < -0.4 is 5.56 Å². The predicted octanol–water partition coefficient (Wildman–Crippen LogP) is 3.57. The van der Waals surface area contributed by atoms with Crippen LogP contribution in [0.5, 0.6) is 0 Å². The van der Waals surface area contributed by atoms with E-state index >= 15 is 0 Å². The lowest BCUT2D eigenvalue weighted by Crippen LogP contribution is -2.15. The highest BCUT2D eigenvalue weighted by Gasteiger charge is 2.12. The van der Waals surface area contributed by atoms with E-state index in [2.05, 4.69) is 4.98 Å². The number of nitro benzene ring substituents is 1. The molecule has 0 bridgehead atoms. The summed E-state index contributed by atoms with van der Waals surface area (Å²) in [4.78, 5) is 39.8. The summed E-state index contributed by atoms with van der Waals surface area (Å²) in [5.41, 5.74) is 1.03. The van der Waals surface area contributed by atoms with Crippen LogP contribution in [0.2, 0.25) is 0 Å². The van der Waals surface area contributed by atoms with Crippen molar-refractivity contribution in [2.24, 2.45) is 0 Å². The molecular formula is C20H13N3O5S. The number of ether oxygens (including phenoxy) is 1. The highest BCUT2D eigenvalue weighted by Crippen LogP contribution is 2.23. The van der Waals surface area contributed by atoms with Crippen molar-refractivity contribution in [1.29, 1.82) is 0 Å². The van der Waals surface area contributed by atoms with E-state index in [4.69, 9.17) is 4.74 Å². The van der Waals surface area contributed by atoms with Gasteiger partial charge in [-0.15, -0.1) is 0 Å². The third-order valence-electron chi connectivity index (χ3n) is 4.14. The molecule has 0 radical (unpaired) electrons. The average Bonchev–Trinajstić information content (AvgIpc) is 3.09. The van der Waals surface area contributed by atoms with Crippen molar-refractivity contribution in [2.45, 2.75) is 6.61 Å². The Hall–Kier alpha value is -3.85. The summed E-state index contributed by atoms with van der Waals surface area (Å²) in [6.07, 6.45) is 2.42. The molecule has 144 valence electrons. The molecule has 29 heavy (non-hydrogen) atoms. The maximum atomic E-state index is 12.4. The molecule has 0 aliphatic carbocycles. The van der Waals surface area contributed by atoms with Gasteiger partial charge in [-0.2, -0.15) is 0 Å². The number of hydrogen-bond acceptors (Lipinski definition) is 7. The number of fused-ring (bicyclic) bond motifs is 3. The Kier molecular flexibility index (Phi) is 4.88. The summed E-state index contributed by atoms with van der Waals surface area (Å²) < 4.78 is 7.57. The molecule has 2 aromatic heterocycles. The first kappa shape index (κ1) is 18.5. The molecule has 8 nitrogen and oxygen atoms in total. The highest BCUT2D eigenvalue weighted by atomic mass is 32.1. The number of nitrogens with zero attached hydrogens (tertiary/aromatic N) is 3. The maximum absolute atomic E-state index is 12.4. The van der Waals surface area contributed by atoms with Crippen LogP contribution in [0, 0.1) is 10.1 Å². The SMILES string of the molecule is O=C(C=Cc1ccccc1[N+](=O)[O-])OCc1cc(=O)n2c(n1)sc1ccccc12. The quantitative estimate of drug-likeness (QED) is 0.217. The van der Waals surface area contributed by atoms with Crippen molar-refractivity contribution >= 4 is 44.2 Å². The van der Waals surface area contributed by atoms with Gasteiger partial charge in [0.05, 0.1) is 26.4 Å². The molecule has 2 heterocycles. The van der Waals surface area contributed by atoms with E-state index in [0.717, 1.165) is 16.3 Å². The monoisotopic (exact) mass is 407 g/mol. The Morgan fingerprint density at radius 3 is 2.79 bits per heavy atom. The largest absolute Gasteiger partial charge is 0.456 e. The lowest BCUT2D eigenvalue weighted by Gasteiger charge is -2.02. The number of para-hydroxylation sites is 2.